The van der Waals surface area contributed by atoms with E-state index in [1.165, 1.54) is 29.2 Å². The number of amides is 2. The zero-order valence-corrected chi connectivity index (χ0v) is 19.5. The minimum atomic E-state index is -3.31. The molecule has 1 aliphatic heterocycles. The third-order valence-corrected chi connectivity index (χ3v) is 7.43. The number of methoxy groups -OCH3 is 1. The Kier molecular flexibility index (Phi) is 5.91. The highest BCUT2D eigenvalue weighted by Gasteiger charge is 2.30. The van der Waals surface area contributed by atoms with Gasteiger partial charge in [0, 0.05) is 38.5 Å². The van der Waals surface area contributed by atoms with Crippen LogP contribution in [0.25, 0.3) is 10.2 Å². The number of aromatic nitrogens is 3. The van der Waals surface area contributed by atoms with Crippen LogP contribution in [0, 0.1) is 5.92 Å². The predicted molar refractivity (Wildman–Crippen MR) is 120 cm³/mol. The lowest BCUT2D eigenvalue weighted by Crippen LogP contribution is -2.41. The molecule has 12 heteroatoms. The van der Waals surface area contributed by atoms with Gasteiger partial charge in [0.1, 0.15) is 5.56 Å². The van der Waals surface area contributed by atoms with E-state index in [-0.39, 0.29) is 28.5 Å². The highest BCUT2D eigenvalue weighted by Crippen LogP contribution is 2.29. The number of benzene rings is 1. The zero-order chi connectivity index (χ0) is 23.0. The van der Waals surface area contributed by atoms with Gasteiger partial charge in [0.25, 0.3) is 5.91 Å². The standard InChI is InChI=1S/C20H23N5O5S2/c1-24-11-14(18(23-24)30-2)19(27)25-8-6-12(7-9-25)17(26)22-20-21-15-5-4-13(32(3,28)29)10-16(15)31-20/h4-5,10-12H,6-9H2,1-3H3,(H,21,22,26). The van der Waals surface area contributed by atoms with Crippen molar-refractivity contribution in [2.45, 2.75) is 17.7 Å². The average molecular weight is 478 g/mol. The quantitative estimate of drug-likeness (QED) is 0.595. The molecule has 2 aromatic heterocycles. The molecule has 1 fully saturated rings. The molecule has 1 aliphatic rings. The van der Waals surface area contributed by atoms with Gasteiger partial charge in [-0.05, 0) is 31.0 Å². The topological polar surface area (TPSA) is 123 Å². The van der Waals surface area contributed by atoms with Gasteiger partial charge in [0.05, 0.1) is 22.2 Å². The van der Waals surface area contributed by atoms with Crippen LogP contribution >= 0.6 is 11.3 Å². The van der Waals surface area contributed by atoms with Crippen molar-refractivity contribution in [1.82, 2.24) is 19.7 Å². The Bertz CT molecular complexity index is 1290. The summed E-state index contributed by atoms with van der Waals surface area (Å²) in [6.45, 7) is 0.902. The van der Waals surface area contributed by atoms with E-state index >= 15 is 0 Å². The van der Waals surface area contributed by atoms with Crippen molar-refractivity contribution in [3.05, 3.63) is 30.0 Å². The molecular weight excluding hydrogens is 454 g/mol. The van der Waals surface area contributed by atoms with Crippen LogP contribution in [0.1, 0.15) is 23.2 Å². The first-order valence-corrected chi connectivity index (χ1v) is 12.6. The number of carbonyl (C=O) groups is 2. The summed E-state index contributed by atoms with van der Waals surface area (Å²) in [6.07, 6.45) is 3.84. The fourth-order valence-electron chi connectivity index (χ4n) is 3.68. The number of sulfone groups is 1. The molecule has 1 aromatic carbocycles. The van der Waals surface area contributed by atoms with Gasteiger partial charge in [0.15, 0.2) is 15.0 Å². The van der Waals surface area contributed by atoms with E-state index in [0.29, 0.717) is 46.8 Å². The van der Waals surface area contributed by atoms with Crippen molar-refractivity contribution in [2.24, 2.45) is 13.0 Å². The lowest BCUT2D eigenvalue weighted by molar-refractivity contribution is -0.121. The van der Waals surface area contributed by atoms with Crippen LogP contribution in [0.3, 0.4) is 0 Å². The number of fused-ring (bicyclic) bond motifs is 1. The maximum Gasteiger partial charge on any atom is 0.260 e. The SMILES string of the molecule is COc1nn(C)cc1C(=O)N1CCC(C(=O)Nc2nc3ccc(S(C)(=O)=O)cc3s2)CC1. The van der Waals surface area contributed by atoms with Crippen molar-refractivity contribution in [3.8, 4) is 5.88 Å². The lowest BCUT2D eigenvalue weighted by Gasteiger charge is -2.31. The first-order chi connectivity index (χ1) is 15.2. The molecule has 0 unspecified atom stereocenters. The monoisotopic (exact) mass is 477 g/mol. The van der Waals surface area contributed by atoms with Crippen LogP contribution in [0.4, 0.5) is 5.13 Å². The van der Waals surface area contributed by atoms with Crippen molar-refractivity contribution in [1.29, 1.82) is 0 Å². The number of ether oxygens (including phenoxy) is 1. The Morgan fingerprint density at radius 3 is 2.62 bits per heavy atom. The smallest absolute Gasteiger partial charge is 0.260 e. The number of piperidine rings is 1. The Hall–Kier alpha value is -2.99. The summed E-state index contributed by atoms with van der Waals surface area (Å²) in [7, 11) is -0.121. The molecule has 0 bridgehead atoms. The van der Waals surface area contributed by atoms with Crippen molar-refractivity contribution >= 4 is 48.3 Å². The molecule has 2 amide bonds. The normalized spacial score (nSPS) is 15.2. The van der Waals surface area contributed by atoms with Gasteiger partial charge < -0.3 is 15.0 Å². The highest BCUT2D eigenvalue weighted by molar-refractivity contribution is 7.90. The van der Waals surface area contributed by atoms with E-state index in [4.69, 9.17) is 4.74 Å². The minimum absolute atomic E-state index is 0.154. The van der Waals surface area contributed by atoms with Crippen LogP contribution in [0.5, 0.6) is 5.88 Å². The molecule has 170 valence electrons. The van der Waals surface area contributed by atoms with Gasteiger partial charge in [-0.25, -0.2) is 13.4 Å². The van der Waals surface area contributed by atoms with E-state index in [2.05, 4.69) is 15.4 Å². The Morgan fingerprint density at radius 1 is 1.25 bits per heavy atom. The fourth-order valence-corrected chi connectivity index (χ4v) is 5.31. The number of hydrogen-bond donors (Lipinski definition) is 1. The first kappa shape index (κ1) is 22.2. The number of aryl methyl sites for hydroxylation is 1. The number of nitrogens with zero attached hydrogens (tertiary/aromatic N) is 4. The summed E-state index contributed by atoms with van der Waals surface area (Å²) >= 11 is 1.23. The van der Waals surface area contributed by atoms with Gasteiger partial charge in [-0.3, -0.25) is 14.3 Å². The summed E-state index contributed by atoms with van der Waals surface area (Å²) in [5.74, 6) is -0.277. The Morgan fingerprint density at radius 2 is 1.97 bits per heavy atom. The molecule has 0 aliphatic carbocycles. The summed E-state index contributed by atoms with van der Waals surface area (Å²) in [6, 6.07) is 4.70. The van der Waals surface area contributed by atoms with Gasteiger partial charge in [-0.2, -0.15) is 0 Å². The molecule has 3 aromatic rings. The average Bonchev–Trinajstić information content (AvgIpc) is 3.34. The van der Waals surface area contributed by atoms with Crippen LogP contribution < -0.4 is 10.1 Å². The third-order valence-electron chi connectivity index (χ3n) is 5.39. The minimum Gasteiger partial charge on any atom is -0.479 e. The molecule has 32 heavy (non-hydrogen) atoms. The molecule has 0 spiro atoms. The van der Waals surface area contributed by atoms with Gasteiger partial charge in [-0.15, -0.1) is 5.10 Å². The second-order valence-electron chi connectivity index (χ2n) is 7.70. The van der Waals surface area contributed by atoms with Crippen LogP contribution in [0.2, 0.25) is 0 Å². The number of hydrogen-bond acceptors (Lipinski definition) is 8. The van der Waals surface area contributed by atoms with E-state index in [1.54, 1.807) is 30.3 Å². The molecule has 3 heterocycles. The number of anilines is 1. The highest BCUT2D eigenvalue weighted by atomic mass is 32.2. The zero-order valence-electron chi connectivity index (χ0n) is 17.9. The van der Waals surface area contributed by atoms with Crippen LogP contribution in [-0.2, 0) is 21.7 Å². The molecule has 0 saturated carbocycles. The summed E-state index contributed by atoms with van der Waals surface area (Å²) in [5.41, 5.74) is 1.03. The summed E-state index contributed by atoms with van der Waals surface area (Å²) < 4.78 is 30.9. The van der Waals surface area contributed by atoms with Crippen LogP contribution in [-0.4, -0.2) is 66.4 Å². The number of carbonyl (C=O) groups excluding carboxylic acids is 2. The molecule has 1 saturated heterocycles. The number of rotatable bonds is 5. The molecule has 0 radical (unpaired) electrons. The van der Waals surface area contributed by atoms with E-state index < -0.39 is 9.84 Å². The van der Waals surface area contributed by atoms with Crippen LogP contribution in [0.15, 0.2) is 29.3 Å². The van der Waals surface area contributed by atoms with E-state index in [0.717, 1.165) is 6.26 Å². The molecule has 0 atom stereocenters. The number of likely N-dealkylation sites (tertiary alicyclic amines) is 1. The predicted octanol–water partition coefficient (Wildman–Crippen LogP) is 1.93. The summed E-state index contributed by atoms with van der Waals surface area (Å²) in [5, 5.41) is 7.38. The maximum absolute atomic E-state index is 12.8. The second-order valence-corrected chi connectivity index (χ2v) is 10.7. The van der Waals surface area contributed by atoms with E-state index in [1.807, 2.05) is 0 Å². The van der Waals surface area contributed by atoms with Gasteiger partial charge in [-0.1, -0.05) is 11.3 Å². The lowest BCUT2D eigenvalue weighted by atomic mass is 9.95. The molecule has 4 rings (SSSR count). The van der Waals surface area contributed by atoms with Crippen molar-refractivity contribution < 1.29 is 22.7 Å². The first-order valence-electron chi connectivity index (χ1n) is 9.94. The molecule has 1 N–H and O–H groups in total. The van der Waals surface area contributed by atoms with Crippen molar-refractivity contribution in [2.75, 3.05) is 31.8 Å². The van der Waals surface area contributed by atoms with Crippen molar-refractivity contribution in [3.63, 3.8) is 0 Å². The molecule has 10 nitrogen and oxygen atoms in total. The largest absolute Gasteiger partial charge is 0.479 e. The molecular formula is C20H23N5O5S2. The van der Waals surface area contributed by atoms with E-state index in [9.17, 15) is 18.0 Å². The van der Waals surface area contributed by atoms with Gasteiger partial charge in [0.2, 0.25) is 11.8 Å². The number of thiazole rings is 1. The Balaban J connectivity index is 1.39. The second kappa shape index (κ2) is 8.51. The fraction of sp³-hybridized carbons (Fsp3) is 0.400. The number of nitrogens with one attached hydrogen (secondary N) is 1. The maximum atomic E-state index is 12.8. The third kappa shape index (κ3) is 4.46. The van der Waals surface area contributed by atoms with Gasteiger partial charge >= 0.3 is 0 Å². The Labute approximate surface area is 189 Å². The summed E-state index contributed by atoms with van der Waals surface area (Å²) in [4.78, 5) is 31.8.